The van der Waals surface area contributed by atoms with Crippen molar-refractivity contribution in [1.82, 2.24) is 9.97 Å². The van der Waals surface area contributed by atoms with Crippen LogP contribution in [0.3, 0.4) is 0 Å². The second-order valence-electron chi connectivity index (χ2n) is 3.80. The molecule has 0 atom stereocenters. The summed E-state index contributed by atoms with van der Waals surface area (Å²) in [5.74, 6) is 0.141. The first-order chi connectivity index (χ1) is 9.19. The molecule has 0 spiro atoms. The average molecular weight is 259 g/mol. The fourth-order valence-corrected chi connectivity index (χ4v) is 1.62. The predicted molar refractivity (Wildman–Crippen MR) is 69.6 cm³/mol. The molecule has 0 aliphatic carbocycles. The number of carboxylic acid groups (broad SMARTS) is 1. The highest BCUT2D eigenvalue weighted by atomic mass is 16.5. The van der Waals surface area contributed by atoms with E-state index in [1.54, 1.807) is 43.8 Å². The van der Waals surface area contributed by atoms with Crippen LogP contribution in [0.4, 0.5) is 11.6 Å². The molecule has 0 saturated heterocycles. The molecule has 0 amide bonds. The molecule has 0 aliphatic rings. The molecule has 6 nitrogen and oxygen atoms in total. The first-order valence-electron chi connectivity index (χ1n) is 5.62. The zero-order valence-corrected chi connectivity index (χ0v) is 10.3. The quantitative estimate of drug-likeness (QED) is 0.852. The first kappa shape index (κ1) is 12.8. The summed E-state index contributed by atoms with van der Waals surface area (Å²) in [6, 6.07) is 6.85. The van der Waals surface area contributed by atoms with Crippen LogP contribution in [0, 0.1) is 0 Å². The SMILES string of the molecule is COc1ccc(CC(=O)O)cc1Nc1ncccn1. The Hall–Kier alpha value is -2.63. The van der Waals surface area contributed by atoms with Crippen molar-refractivity contribution >= 4 is 17.6 Å². The highest BCUT2D eigenvalue weighted by Crippen LogP contribution is 2.27. The lowest BCUT2D eigenvalue weighted by atomic mass is 10.1. The highest BCUT2D eigenvalue weighted by Gasteiger charge is 2.08. The Balaban J connectivity index is 2.28. The summed E-state index contributed by atoms with van der Waals surface area (Å²) in [7, 11) is 1.54. The van der Waals surface area contributed by atoms with Crippen molar-refractivity contribution in [2.75, 3.05) is 12.4 Å². The number of rotatable bonds is 5. The number of hydrogen-bond donors (Lipinski definition) is 2. The van der Waals surface area contributed by atoms with Gasteiger partial charge < -0.3 is 15.2 Å². The van der Waals surface area contributed by atoms with Gasteiger partial charge in [0, 0.05) is 12.4 Å². The lowest BCUT2D eigenvalue weighted by molar-refractivity contribution is -0.136. The van der Waals surface area contributed by atoms with E-state index in [1.807, 2.05) is 0 Å². The Morgan fingerprint density at radius 2 is 2.11 bits per heavy atom. The molecule has 2 N–H and O–H groups in total. The van der Waals surface area contributed by atoms with Crippen molar-refractivity contribution in [3.05, 3.63) is 42.2 Å². The van der Waals surface area contributed by atoms with Crippen LogP contribution in [0.5, 0.6) is 5.75 Å². The molecule has 0 radical (unpaired) electrons. The second-order valence-corrected chi connectivity index (χ2v) is 3.80. The second kappa shape index (κ2) is 5.81. The van der Waals surface area contributed by atoms with E-state index >= 15 is 0 Å². The number of nitrogens with one attached hydrogen (secondary N) is 1. The smallest absolute Gasteiger partial charge is 0.307 e. The van der Waals surface area contributed by atoms with Crippen molar-refractivity contribution in [3.8, 4) is 5.75 Å². The molecule has 0 aliphatic heterocycles. The van der Waals surface area contributed by atoms with Crippen LogP contribution >= 0.6 is 0 Å². The summed E-state index contributed by atoms with van der Waals surface area (Å²) in [4.78, 5) is 18.8. The van der Waals surface area contributed by atoms with Gasteiger partial charge in [-0.3, -0.25) is 4.79 Å². The fraction of sp³-hybridized carbons (Fsp3) is 0.154. The largest absolute Gasteiger partial charge is 0.495 e. The Morgan fingerprint density at radius 1 is 1.37 bits per heavy atom. The van der Waals surface area contributed by atoms with Gasteiger partial charge in [0.05, 0.1) is 19.2 Å². The average Bonchev–Trinajstić information content (AvgIpc) is 2.39. The number of ether oxygens (including phenoxy) is 1. The lowest BCUT2D eigenvalue weighted by Gasteiger charge is -2.11. The maximum atomic E-state index is 10.7. The molecule has 0 bridgehead atoms. The minimum Gasteiger partial charge on any atom is -0.495 e. The van der Waals surface area contributed by atoms with Crippen molar-refractivity contribution in [3.63, 3.8) is 0 Å². The summed E-state index contributed by atoms with van der Waals surface area (Å²) >= 11 is 0. The number of hydrogen-bond acceptors (Lipinski definition) is 5. The lowest BCUT2D eigenvalue weighted by Crippen LogP contribution is -2.03. The van der Waals surface area contributed by atoms with Crippen LogP contribution < -0.4 is 10.1 Å². The van der Waals surface area contributed by atoms with Crippen LogP contribution in [0.1, 0.15) is 5.56 Å². The zero-order valence-electron chi connectivity index (χ0n) is 10.3. The van der Waals surface area contributed by atoms with Gasteiger partial charge >= 0.3 is 5.97 Å². The van der Waals surface area contributed by atoms with Gasteiger partial charge in [0.25, 0.3) is 0 Å². The van der Waals surface area contributed by atoms with E-state index < -0.39 is 5.97 Å². The van der Waals surface area contributed by atoms with Crippen molar-refractivity contribution in [2.45, 2.75) is 6.42 Å². The number of nitrogens with zero attached hydrogens (tertiary/aromatic N) is 2. The molecular formula is C13H13N3O3. The molecular weight excluding hydrogens is 246 g/mol. The summed E-state index contributed by atoms with van der Waals surface area (Å²) in [6.45, 7) is 0. The molecule has 19 heavy (non-hydrogen) atoms. The van der Waals surface area contributed by atoms with Gasteiger partial charge in [-0.2, -0.15) is 0 Å². The van der Waals surface area contributed by atoms with Crippen LogP contribution in [-0.2, 0) is 11.2 Å². The molecule has 1 aromatic carbocycles. The van der Waals surface area contributed by atoms with Crippen LogP contribution in [0.15, 0.2) is 36.7 Å². The fourth-order valence-electron chi connectivity index (χ4n) is 1.62. The maximum Gasteiger partial charge on any atom is 0.307 e. The summed E-state index contributed by atoms with van der Waals surface area (Å²) < 4.78 is 5.21. The molecule has 0 fully saturated rings. The van der Waals surface area contributed by atoms with Gasteiger partial charge in [-0.1, -0.05) is 6.07 Å². The maximum absolute atomic E-state index is 10.7. The van der Waals surface area contributed by atoms with E-state index in [2.05, 4.69) is 15.3 Å². The van der Waals surface area contributed by atoms with Gasteiger partial charge in [0.2, 0.25) is 5.95 Å². The highest BCUT2D eigenvalue weighted by molar-refractivity contribution is 5.72. The molecule has 2 rings (SSSR count). The molecule has 2 aromatic rings. The van der Waals surface area contributed by atoms with E-state index in [1.165, 1.54) is 0 Å². The molecule has 0 saturated carbocycles. The Bertz CT molecular complexity index is 573. The van der Waals surface area contributed by atoms with Crippen LogP contribution in [0.25, 0.3) is 0 Å². The topological polar surface area (TPSA) is 84.3 Å². The summed E-state index contributed by atoms with van der Waals surface area (Å²) in [5.41, 5.74) is 1.30. The third kappa shape index (κ3) is 3.41. The minimum absolute atomic E-state index is 0.0473. The third-order valence-corrected chi connectivity index (χ3v) is 2.43. The van der Waals surface area contributed by atoms with Gasteiger partial charge in [0.1, 0.15) is 5.75 Å². The standard InChI is InChI=1S/C13H13N3O3/c1-19-11-4-3-9(8-12(17)18)7-10(11)16-13-14-5-2-6-15-13/h2-7H,8H2,1H3,(H,17,18)(H,14,15,16). The molecule has 6 heteroatoms. The molecule has 98 valence electrons. The predicted octanol–water partition coefficient (Wildman–Crippen LogP) is 1.86. The number of benzene rings is 1. The Labute approximate surface area is 110 Å². The van der Waals surface area contributed by atoms with E-state index in [9.17, 15) is 4.79 Å². The number of aliphatic carboxylic acids is 1. The van der Waals surface area contributed by atoms with Crippen molar-refractivity contribution in [2.24, 2.45) is 0 Å². The summed E-state index contributed by atoms with van der Waals surface area (Å²) in [5, 5.41) is 11.8. The van der Waals surface area contributed by atoms with Gasteiger partial charge in [-0.05, 0) is 23.8 Å². The number of anilines is 2. The Morgan fingerprint density at radius 3 is 2.74 bits per heavy atom. The zero-order chi connectivity index (χ0) is 13.7. The van der Waals surface area contributed by atoms with Crippen LogP contribution in [0.2, 0.25) is 0 Å². The van der Waals surface area contributed by atoms with E-state index in [0.29, 0.717) is 22.9 Å². The van der Waals surface area contributed by atoms with E-state index in [-0.39, 0.29) is 6.42 Å². The van der Waals surface area contributed by atoms with Crippen molar-refractivity contribution in [1.29, 1.82) is 0 Å². The summed E-state index contributed by atoms with van der Waals surface area (Å²) in [6.07, 6.45) is 3.18. The first-order valence-corrected chi connectivity index (χ1v) is 5.62. The van der Waals surface area contributed by atoms with Gasteiger partial charge in [0.15, 0.2) is 0 Å². The number of aromatic nitrogens is 2. The Kier molecular flexibility index (Phi) is 3.92. The van der Waals surface area contributed by atoms with Gasteiger partial charge in [-0.15, -0.1) is 0 Å². The molecule has 1 aromatic heterocycles. The van der Waals surface area contributed by atoms with Crippen LogP contribution in [-0.4, -0.2) is 28.2 Å². The molecule has 1 heterocycles. The van der Waals surface area contributed by atoms with Gasteiger partial charge in [-0.25, -0.2) is 9.97 Å². The van der Waals surface area contributed by atoms with E-state index in [4.69, 9.17) is 9.84 Å². The normalized spacial score (nSPS) is 9.95. The number of carbonyl (C=O) groups is 1. The third-order valence-electron chi connectivity index (χ3n) is 2.43. The number of carboxylic acids is 1. The number of methoxy groups -OCH3 is 1. The molecule has 0 unspecified atom stereocenters. The minimum atomic E-state index is -0.882. The van der Waals surface area contributed by atoms with E-state index in [0.717, 1.165) is 0 Å². The van der Waals surface area contributed by atoms with Crippen molar-refractivity contribution < 1.29 is 14.6 Å². The monoisotopic (exact) mass is 259 g/mol.